The average molecular weight is 342 g/mol. The zero-order chi connectivity index (χ0) is 14.7. The van der Waals surface area contributed by atoms with Crippen LogP contribution in [0, 0.1) is 0 Å². The predicted molar refractivity (Wildman–Crippen MR) is 87.8 cm³/mol. The van der Waals surface area contributed by atoms with Gasteiger partial charge in [-0.05, 0) is 52.1 Å². The molecule has 0 saturated carbocycles. The first-order valence-corrected chi connectivity index (χ1v) is 10.3. The Balaban J connectivity index is 3.04. The van der Waals surface area contributed by atoms with Crippen LogP contribution in [0.25, 0.3) is 0 Å². The number of pyridine rings is 1. The van der Waals surface area contributed by atoms with Gasteiger partial charge < -0.3 is 4.43 Å². The summed E-state index contributed by atoms with van der Waals surface area (Å²) >= 11 is 3.56. The van der Waals surface area contributed by atoms with Crippen molar-refractivity contribution >= 4 is 24.2 Å². The molecule has 1 atom stereocenters. The monoisotopic (exact) mass is 341 g/mol. The molecular formula is C15H24BrNOSi. The van der Waals surface area contributed by atoms with Crippen molar-refractivity contribution < 1.29 is 4.43 Å². The molecule has 0 N–H and O–H groups in total. The van der Waals surface area contributed by atoms with Gasteiger partial charge in [-0.2, -0.15) is 0 Å². The zero-order valence-corrected chi connectivity index (χ0v) is 15.1. The predicted octanol–water partition coefficient (Wildman–Crippen LogP) is 5.48. The summed E-state index contributed by atoms with van der Waals surface area (Å²) in [6.07, 6.45) is 6.42. The highest BCUT2D eigenvalue weighted by atomic mass is 79.9. The van der Waals surface area contributed by atoms with Gasteiger partial charge in [0.1, 0.15) is 0 Å². The molecule has 1 unspecified atom stereocenters. The minimum Gasteiger partial charge on any atom is -0.410 e. The maximum atomic E-state index is 6.52. The topological polar surface area (TPSA) is 22.1 Å². The van der Waals surface area contributed by atoms with Crippen LogP contribution < -0.4 is 0 Å². The third kappa shape index (κ3) is 4.26. The lowest BCUT2D eigenvalue weighted by Crippen LogP contribution is -2.41. The van der Waals surface area contributed by atoms with Gasteiger partial charge in [-0.3, -0.25) is 4.98 Å². The Labute approximate surface area is 126 Å². The van der Waals surface area contributed by atoms with Gasteiger partial charge in [-0.25, -0.2) is 0 Å². The number of rotatable bonds is 5. The number of halogens is 1. The van der Waals surface area contributed by atoms with Crippen molar-refractivity contribution in [2.75, 3.05) is 0 Å². The molecule has 4 heteroatoms. The van der Waals surface area contributed by atoms with Crippen LogP contribution in [0.3, 0.4) is 0 Å². The van der Waals surface area contributed by atoms with Crippen molar-refractivity contribution in [3.05, 3.63) is 41.2 Å². The first-order valence-electron chi connectivity index (χ1n) is 6.57. The van der Waals surface area contributed by atoms with Gasteiger partial charge in [-0.1, -0.05) is 26.8 Å². The third-order valence-corrected chi connectivity index (χ3v) is 8.92. The Morgan fingerprint density at radius 3 is 2.58 bits per heavy atom. The van der Waals surface area contributed by atoms with E-state index in [2.05, 4.69) is 61.4 Å². The van der Waals surface area contributed by atoms with E-state index in [4.69, 9.17) is 4.43 Å². The van der Waals surface area contributed by atoms with Gasteiger partial charge in [0.15, 0.2) is 8.32 Å². The zero-order valence-electron chi connectivity index (χ0n) is 12.5. The highest BCUT2D eigenvalue weighted by Crippen LogP contribution is 2.41. The summed E-state index contributed by atoms with van der Waals surface area (Å²) < 4.78 is 7.52. The molecule has 0 aliphatic heterocycles. The van der Waals surface area contributed by atoms with Gasteiger partial charge in [0.05, 0.1) is 6.10 Å². The quantitative estimate of drug-likeness (QED) is 0.522. The number of nitrogens with zero attached hydrogens (tertiary/aromatic N) is 1. The summed E-state index contributed by atoms with van der Waals surface area (Å²) in [4.78, 5) is 4.12. The molecule has 0 aromatic carbocycles. The van der Waals surface area contributed by atoms with Crippen LogP contribution in [0.2, 0.25) is 18.1 Å². The fraction of sp³-hybridized carbons (Fsp3) is 0.533. The van der Waals surface area contributed by atoms with E-state index >= 15 is 0 Å². The minimum absolute atomic E-state index is 0.0516. The van der Waals surface area contributed by atoms with Gasteiger partial charge in [-0.15, -0.1) is 6.58 Å². The average Bonchev–Trinajstić information content (AvgIpc) is 2.27. The highest BCUT2D eigenvalue weighted by molar-refractivity contribution is 9.10. The standard InChI is InChI=1S/C15H24BrNOSi/c1-7-8-14(12-9-10-17-11-13(12)16)18-19(5,6)15(2,3)4/h7,9-11,14H,1,8H2,2-6H3. The second kappa shape index (κ2) is 6.33. The molecule has 0 aliphatic carbocycles. The van der Waals surface area contributed by atoms with Gasteiger partial charge in [0.2, 0.25) is 0 Å². The van der Waals surface area contributed by atoms with E-state index in [1.54, 1.807) is 0 Å². The van der Waals surface area contributed by atoms with Crippen molar-refractivity contribution in [3.63, 3.8) is 0 Å². The Hall–Kier alpha value is -0.453. The number of hydrogen-bond donors (Lipinski definition) is 0. The molecule has 0 spiro atoms. The van der Waals surface area contributed by atoms with Crippen molar-refractivity contribution in [1.82, 2.24) is 4.98 Å². The summed E-state index contributed by atoms with van der Waals surface area (Å²) in [6, 6.07) is 2.02. The van der Waals surface area contributed by atoms with Crippen LogP contribution in [0.15, 0.2) is 35.6 Å². The van der Waals surface area contributed by atoms with E-state index in [1.807, 2.05) is 24.5 Å². The highest BCUT2D eigenvalue weighted by Gasteiger charge is 2.39. The lowest BCUT2D eigenvalue weighted by Gasteiger charge is -2.39. The Bertz CT molecular complexity index is 440. The first-order chi connectivity index (χ1) is 8.69. The molecule has 0 amide bonds. The largest absolute Gasteiger partial charge is 0.410 e. The van der Waals surface area contributed by atoms with E-state index in [0.717, 1.165) is 16.5 Å². The summed E-state index contributed by atoms with van der Waals surface area (Å²) in [5.41, 5.74) is 1.15. The molecule has 1 aromatic heterocycles. The van der Waals surface area contributed by atoms with Crippen LogP contribution in [-0.4, -0.2) is 13.3 Å². The Morgan fingerprint density at radius 1 is 1.47 bits per heavy atom. The molecule has 106 valence electrons. The molecule has 1 heterocycles. The van der Waals surface area contributed by atoms with E-state index in [9.17, 15) is 0 Å². The smallest absolute Gasteiger partial charge is 0.192 e. The van der Waals surface area contributed by atoms with Crippen LogP contribution in [0.1, 0.15) is 38.9 Å². The molecule has 2 nitrogen and oxygen atoms in total. The fourth-order valence-electron chi connectivity index (χ4n) is 1.57. The molecular weight excluding hydrogens is 318 g/mol. The summed E-state index contributed by atoms with van der Waals surface area (Å²) in [7, 11) is -1.80. The maximum absolute atomic E-state index is 6.52. The Morgan fingerprint density at radius 2 is 2.11 bits per heavy atom. The molecule has 0 saturated heterocycles. The van der Waals surface area contributed by atoms with Crippen molar-refractivity contribution in [1.29, 1.82) is 0 Å². The first kappa shape index (κ1) is 16.6. The van der Waals surface area contributed by atoms with E-state index in [-0.39, 0.29) is 11.1 Å². The number of hydrogen-bond acceptors (Lipinski definition) is 2. The molecule has 0 fully saturated rings. The second-order valence-corrected chi connectivity index (χ2v) is 11.9. The Kier molecular flexibility index (Phi) is 5.53. The lowest BCUT2D eigenvalue weighted by atomic mass is 10.1. The third-order valence-electron chi connectivity index (χ3n) is 3.77. The molecule has 0 aliphatic rings. The van der Waals surface area contributed by atoms with Crippen molar-refractivity contribution in [2.45, 2.75) is 51.4 Å². The number of aromatic nitrogens is 1. The second-order valence-electron chi connectivity index (χ2n) is 6.29. The molecule has 19 heavy (non-hydrogen) atoms. The lowest BCUT2D eigenvalue weighted by molar-refractivity contribution is 0.186. The molecule has 0 bridgehead atoms. The molecule has 1 rings (SSSR count). The van der Waals surface area contributed by atoms with Crippen LogP contribution in [0.5, 0.6) is 0 Å². The van der Waals surface area contributed by atoms with Crippen LogP contribution in [-0.2, 0) is 4.43 Å². The maximum Gasteiger partial charge on any atom is 0.192 e. The van der Waals surface area contributed by atoms with Crippen molar-refractivity contribution in [2.24, 2.45) is 0 Å². The normalized spacial score (nSPS) is 14.2. The van der Waals surface area contributed by atoms with Gasteiger partial charge in [0.25, 0.3) is 0 Å². The SMILES string of the molecule is C=CCC(O[Si](C)(C)C(C)(C)C)c1ccncc1Br. The summed E-state index contributed by atoms with van der Waals surface area (Å²) in [5, 5.41) is 0.200. The van der Waals surface area contributed by atoms with E-state index < -0.39 is 8.32 Å². The van der Waals surface area contributed by atoms with Crippen LogP contribution >= 0.6 is 15.9 Å². The minimum atomic E-state index is -1.80. The van der Waals surface area contributed by atoms with E-state index in [1.165, 1.54) is 0 Å². The fourth-order valence-corrected chi connectivity index (χ4v) is 3.36. The van der Waals surface area contributed by atoms with Gasteiger partial charge >= 0.3 is 0 Å². The summed E-state index contributed by atoms with van der Waals surface area (Å²) in [5.74, 6) is 0. The summed E-state index contributed by atoms with van der Waals surface area (Å²) in [6.45, 7) is 15.2. The van der Waals surface area contributed by atoms with Crippen molar-refractivity contribution in [3.8, 4) is 0 Å². The van der Waals surface area contributed by atoms with Gasteiger partial charge in [0, 0.05) is 16.9 Å². The van der Waals surface area contributed by atoms with Crippen LogP contribution in [0.4, 0.5) is 0 Å². The molecule has 0 radical (unpaired) electrons. The van der Waals surface area contributed by atoms with E-state index in [0.29, 0.717) is 0 Å². The molecule has 1 aromatic rings.